The van der Waals surface area contributed by atoms with Gasteiger partial charge in [0.25, 0.3) is 0 Å². The molecule has 0 aliphatic carbocycles. The van der Waals surface area contributed by atoms with Crippen LogP contribution in [-0.2, 0) is 70.3 Å². The molecule has 348 valence electrons. The standard InChI is InChI=1S/C34H43F2N11O13P2S2/c1-16(9-17(2)48)18(49)5-4-6-21(50)45(3)7-8-54-34(51)44-29-25-31(41-13-39-29)47(15-43-25)33-23(36)27-20(58-33)11-56-61(52,63)59-26-19(10-55-62(53,64)60-27)57-32(22(26)35)46-14-42-24-28(37)38-12-40-30(24)46/h12-16,19-20,22-23,26-27,32-33H,4-11H2,1-3H3,(H,52,63)(H,53,64)(H2,37,38,40)(H,39,41,44,51)/t16?,19-,20-,22-,23-,26-,27-,32-,33-,61?,62?/m1/s1. The number of carbonyl (C=O) groups excluding carboxylic acids is 4. The van der Waals surface area contributed by atoms with Crippen LogP contribution in [0.15, 0.2) is 25.3 Å². The largest absolute Gasteiger partial charge is 0.447 e. The van der Waals surface area contributed by atoms with E-state index in [0.29, 0.717) is 6.42 Å². The third-order valence-electron chi connectivity index (χ3n) is 10.4. The minimum absolute atomic E-state index is 0.0159. The number of nitrogens with one attached hydrogen (secondary N) is 1. The van der Waals surface area contributed by atoms with Crippen LogP contribution in [-0.4, -0.2) is 147 Å². The molecule has 11 atom stereocenters. The summed E-state index contributed by atoms with van der Waals surface area (Å²) in [6, 6.07) is 0. The average Bonchev–Trinajstić information content (AvgIpc) is 4.00. The van der Waals surface area contributed by atoms with Crippen molar-refractivity contribution in [2.45, 2.75) is 88.7 Å². The van der Waals surface area contributed by atoms with Crippen LogP contribution >= 0.6 is 13.4 Å². The highest BCUT2D eigenvalue weighted by atomic mass is 32.5. The van der Waals surface area contributed by atoms with E-state index in [0.717, 1.165) is 23.5 Å². The van der Waals surface area contributed by atoms with E-state index in [2.05, 4.69) is 35.2 Å². The number of alkyl halides is 2. The number of rotatable bonds is 13. The molecular weight excluding hydrogens is 935 g/mol. The Labute approximate surface area is 372 Å². The maximum Gasteiger partial charge on any atom is 0.412 e. The summed E-state index contributed by atoms with van der Waals surface area (Å²) >= 11 is 10.4. The zero-order valence-electron chi connectivity index (χ0n) is 34.1. The molecule has 7 rings (SSSR count). The molecule has 0 aromatic carbocycles. The Hall–Kier alpha value is -4.18. The SMILES string of the molecule is CC(=O)CC(C)C(=O)CCCC(=O)N(C)CCOC(=O)Nc1ncnc2c1ncn2[C@@H]1O[C@@H]2COP(O)(=S)O[C@H]3[C@@H](F)[C@H](n4cnc5c(N)ncnc54)O[C@@H]3COP(O)(=S)O[C@H]2[C@H]1F. The Morgan fingerprint density at radius 2 is 1.45 bits per heavy atom. The topological polar surface area (TPSA) is 302 Å². The first-order valence-electron chi connectivity index (χ1n) is 19.5. The lowest BCUT2D eigenvalue weighted by Crippen LogP contribution is -2.37. The highest BCUT2D eigenvalue weighted by Gasteiger charge is 2.54. The van der Waals surface area contributed by atoms with Crippen molar-refractivity contribution in [1.82, 2.24) is 43.9 Å². The maximum absolute atomic E-state index is 16.5. The number of imidazole rings is 2. The Morgan fingerprint density at radius 1 is 0.906 bits per heavy atom. The van der Waals surface area contributed by atoms with Crippen molar-refractivity contribution in [2.75, 3.05) is 44.5 Å². The van der Waals surface area contributed by atoms with Crippen LogP contribution in [0.5, 0.6) is 0 Å². The van der Waals surface area contributed by atoms with E-state index in [1.165, 1.54) is 29.8 Å². The second-order valence-electron chi connectivity index (χ2n) is 15.0. The monoisotopic (exact) mass is 977 g/mol. The maximum atomic E-state index is 16.5. The molecule has 3 fully saturated rings. The van der Waals surface area contributed by atoms with E-state index < -0.39 is 87.9 Å². The van der Waals surface area contributed by atoms with Crippen LogP contribution in [0.25, 0.3) is 22.3 Å². The van der Waals surface area contributed by atoms with Crippen molar-refractivity contribution in [3.05, 3.63) is 25.3 Å². The van der Waals surface area contributed by atoms with Crippen molar-refractivity contribution in [3.63, 3.8) is 0 Å². The van der Waals surface area contributed by atoms with Crippen molar-refractivity contribution in [1.29, 1.82) is 0 Å². The highest BCUT2D eigenvalue weighted by Crippen LogP contribution is 2.54. The number of ketones is 2. The van der Waals surface area contributed by atoms with E-state index in [1.54, 1.807) is 6.92 Å². The zero-order valence-corrected chi connectivity index (χ0v) is 37.5. The van der Waals surface area contributed by atoms with Crippen LogP contribution in [0, 0.1) is 5.92 Å². The molecule has 5 N–H and O–H groups in total. The number of hydrogen-bond acceptors (Lipinski definition) is 20. The number of nitrogen functional groups attached to an aromatic ring is 1. The van der Waals surface area contributed by atoms with Crippen LogP contribution < -0.4 is 11.1 Å². The van der Waals surface area contributed by atoms with Crippen molar-refractivity contribution >= 4 is 94.6 Å². The van der Waals surface area contributed by atoms with Gasteiger partial charge in [0.2, 0.25) is 5.91 Å². The molecule has 2 amide bonds. The van der Waals surface area contributed by atoms with Gasteiger partial charge < -0.3 is 48.5 Å². The number of nitrogens with zero attached hydrogens (tertiary/aromatic N) is 9. The van der Waals surface area contributed by atoms with Gasteiger partial charge in [0.05, 0.1) is 32.4 Å². The number of hydrogen-bond donors (Lipinski definition) is 4. The number of carbonyl (C=O) groups is 4. The fraction of sp³-hybridized carbons (Fsp3) is 0.588. The Bertz CT molecular complexity index is 2510. The van der Waals surface area contributed by atoms with Gasteiger partial charge >= 0.3 is 19.5 Å². The number of amides is 2. The number of ether oxygens (including phenoxy) is 3. The molecule has 3 unspecified atom stereocenters. The lowest BCUT2D eigenvalue weighted by molar-refractivity contribution is -0.131. The van der Waals surface area contributed by atoms with Crippen molar-refractivity contribution in [2.24, 2.45) is 5.92 Å². The Kier molecular flexibility index (Phi) is 14.7. The molecule has 0 saturated carbocycles. The number of fused-ring (bicyclic) bond motifs is 4. The first-order chi connectivity index (χ1) is 30.3. The lowest BCUT2D eigenvalue weighted by Gasteiger charge is -2.29. The smallest absolute Gasteiger partial charge is 0.412 e. The minimum Gasteiger partial charge on any atom is -0.447 e. The third kappa shape index (κ3) is 10.7. The molecule has 64 heavy (non-hydrogen) atoms. The van der Waals surface area contributed by atoms with Gasteiger partial charge in [0, 0.05) is 32.2 Å². The lowest BCUT2D eigenvalue weighted by atomic mass is 9.96. The average molecular weight is 978 g/mol. The molecule has 24 nitrogen and oxygen atoms in total. The quantitative estimate of drug-likeness (QED) is 0.140. The molecule has 3 aliphatic rings. The predicted molar refractivity (Wildman–Crippen MR) is 223 cm³/mol. The van der Waals surface area contributed by atoms with Gasteiger partial charge in [-0.05, 0) is 37.0 Å². The molecule has 0 spiro atoms. The molecule has 7 heterocycles. The van der Waals surface area contributed by atoms with Crippen molar-refractivity contribution in [3.8, 4) is 0 Å². The van der Waals surface area contributed by atoms with Gasteiger partial charge in [0.1, 0.15) is 60.8 Å². The summed E-state index contributed by atoms with van der Waals surface area (Å²) in [5, 5.41) is 2.43. The predicted octanol–water partition coefficient (Wildman–Crippen LogP) is 2.33. The van der Waals surface area contributed by atoms with Gasteiger partial charge in [-0.15, -0.1) is 0 Å². The first-order valence-corrected chi connectivity index (χ1v) is 24.7. The third-order valence-corrected chi connectivity index (χ3v) is 13.5. The number of aromatic nitrogens is 8. The summed E-state index contributed by atoms with van der Waals surface area (Å²) in [5.74, 6) is -0.964. The van der Waals surface area contributed by atoms with E-state index in [-0.39, 0.29) is 83.9 Å². The molecule has 3 saturated heterocycles. The van der Waals surface area contributed by atoms with Gasteiger partial charge in [-0.3, -0.25) is 33.1 Å². The Morgan fingerprint density at radius 3 is 2.03 bits per heavy atom. The Balaban J connectivity index is 0.974. The van der Waals surface area contributed by atoms with E-state index in [9.17, 15) is 29.0 Å². The number of Topliss-reactive ketones (excluding diaryl/α,β-unsaturated/α-hetero) is 2. The molecule has 30 heteroatoms. The number of nitrogens with two attached hydrogens (primary N) is 1. The normalized spacial score (nSPS) is 30.2. The summed E-state index contributed by atoms with van der Waals surface area (Å²) in [7, 11) is 1.52. The number of halogens is 2. The fourth-order valence-electron chi connectivity index (χ4n) is 7.17. The van der Waals surface area contributed by atoms with Gasteiger partial charge in [-0.2, -0.15) is 0 Å². The van der Waals surface area contributed by atoms with Crippen LogP contribution in [0.4, 0.5) is 25.2 Å². The van der Waals surface area contributed by atoms with Crippen LogP contribution in [0.2, 0.25) is 0 Å². The minimum atomic E-state index is -4.38. The summed E-state index contributed by atoms with van der Waals surface area (Å²) in [6.45, 7) is -7.19. The van der Waals surface area contributed by atoms with Crippen LogP contribution in [0.3, 0.4) is 0 Å². The first kappa shape index (κ1) is 47.8. The summed E-state index contributed by atoms with van der Waals surface area (Å²) in [4.78, 5) is 96.9. The number of anilines is 2. The van der Waals surface area contributed by atoms with Gasteiger partial charge in [-0.1, -0.05) is 6.92 Å². The fourth-order valence-corrected chi connectivity index (χ4v) is 10.0. The second kappa shape index (κ2) is 19.7. The zero-order chi connectivity index (χ0) is 46.1. The van der Waals surface area contributed by atoms with Crippen molar-refractivity contribution < 1.29 is 70.1 Å². The van der Waals surface area contributed by atoms with E-state index in [1.807, 2.05) is 0 Å². The molecule has 0 radical (unpaired) electrons. The molecular formula is C34H43F2N11O13P2S2. The summed E-state index contributed by atoms with van der Waals surface area (Å²) < 4.78 is 74.5. The molecule has 4 aromatic rings. The van der Waals surface area contributed by atoms with E-state index in [4.69, 9.17) is 61.7 Å². The molecule has 0 bridgehead atoms. The van der Waals surface area contributed by atoms with E-state index >= 15 is 8.78 Å². The second-order valence-corrected chi connectivity index (χ2v) is 20.6. The summed E-state index contributed by atoms with van der Waals surface area (Å²) in [6.07, 6.45) is -9.13. The van der Waals surface area contributed by atoms with Crippen LogP contribution in [0.1, 0.15) is 52.0 Å². The number of likely N-dealkylation sites (N-methyl/N-ethyl adjacent to an activating group) is 1. The summed E-state index contributed by atoms with van der Waals surface area (Å²) in [5.41, 5.74) is 6.12. The molecule has 3 aliphatic heterocycles. The molecule has 4 aromatic heterocycles. The van der Waals surface area contributed by atoms with Gasteiger partial charge in [0.15, 0.2) is 53.2 Å². The van der Waals surface area contributed by atoms with Gasteiger partial charge in [-0.25, -0.2) is 43.5 Å². The highest BCUT2D eigenvalue weighted by molar-refractivity contribution is 8.07.